The molecule has 1 saturated heterocycles. The van der Waals surface area contributed by atoms with Gasteiger partial charge in [0.2, 0.25) is 0 Å². The van der Waals surface area contributed by atoms with E-state index in [1.54, 1.807) is 0 Å². The monoisotopic (exact) mass is 343 g/mol. The summed E-state index contributed by atoms with van der Waals surface area (Å²) in [6.07, 6.45) is 3.67. The topological polar surface area (TPSA) is 42.9 Å². The van der Waals surface area contributed by atoms with Crippen molar-refractivity contribution >= 4 is 5.96 Å². The lowest BCUT2D eigenvalue weighted by molar-refractivity contribution is 0.0894. The minimum absolute atomic E-state index is 0.502. The molecular formula is C20H33N5. The third-order valence-corrected chi connectivity index (χ3v) is 5.01. The van der Waals surface area contributed by atoms with Gasteiger partial charge in [-0.25, -0.2) is 0 Å². The van der Waals surface area contributed by atoms with Gasteiger partial charge in [-0.05, 0) is 38.8 Å². The van der Waals surface area contributed by atoms with Crippen LogP contribution < -0.4 is 10.6 Å². The molecule has 0 amide bonds. The zero-order valence-electron chi connectivity index (χ0n) is 15.7. The van der Waals surface area contributed by atoms with Crippen molar-refractivity contribution in [2.24, 2.45) is 4.99 Å². The van der Waals surface area contributed by atoms with Crippen molar-refractivity contribution in [3.8, 4) is 0 Å². The maximum atomic E-state index is 4.75. The average Bonchev–Trinajstić information content (AvgIpc) is 3.44. The highest BCUT2D eigenvalue weighted by atomic mass is 15.3. The summed E-state index contributed by atoms with van der Waals surface area (Å²) < 4.78 is 0. The molecule has 5 nitrogen and oxygen atoms in total. The molecule has 2 aliphatic rings. The fraction of sp³-hybridized carbons (Fsp3) is 0.650. The van der Waals surface area contributed by atoms with E-state index in [0.29, 0.717) is 12.1 Å². The first kappa shape index (κ1) is 18.2. The largest absolute Gasteiger partial charge is 0.357 e. The Bertz CT molecular complexity index is 540. The molecule has 3 rings (SSSR count). The van der Waals surface area contributed by atoms with Crippen LogP contribution in [0, 0.1) is 0 Å². The Morgan fingerprint density at radius 3 is 2.72 bits per heavy atom. The van der Waals surface area contributed by atoms with Crippen molar-refractivity contribution < 1.29 is 0 Å². The summed E-state index contributed by atoms with van der Waals surface area (Å²) in [7, 11) is 2.23. The smallest absolute Gasteiger partial charge is 0.191 e. The van der Waals surface area contributed by atoms with Crippen LogP contribution in [0.1, 0.15) is 37.8 Å². The van der Waals surface area contributed by atoms with Gasteiger partial charge in [-0.15, -0.1) is 0 Å². The Balaban J connectivity index is 1.51. The Morgan fingerprint density at radius 2 is 2.00 bits per heavy atom. The predicted octanol–water partition coefficient (Wildman–Crippen LogP) is 2.08. The van der Waals surface area contributed by atoms with Crippen molar-refractivity contribution in [3.05, 3.63) is 35.9 Å². The van der Waals surface area contributed by atoms with Crippen molar-refractivity contribution in [1.29, 1.82) is 0 Å². The van der Waals surface area contributed by atoms with Gasteiger partial charge in [0.15, 0.2) is 5.96 Å². The van der Waals surface area contributed by atoms with E-state index in [1.807, 2.05) is 0 Å². The summed E-state index contributed by atoms with van der Waals surface area (Å²) in [4.78, 5) is 9.82. The van der Waals surface area contributed by atoms with Gasteiger partial charge in [0.1, 0.15) is 0 Å². The van der Waals surface area contributed by atoms with E-state index < -0.39 is 0 Å². The number of rotatable bonds is 7. The molecule has 0 radical (unpaired) electrons. The van der Waals surface area contributed by atoms with Gasteiger partial charge in [0.05, 0.1) is 0 Å². The molecule has 2 N–H and O–H groups in total. The van der Waals surface area contributed by atoms with Crippen LogP contribution in [0.3, 0.4) is 0 Å². The van der Waals surface area contributed by atoms with Gasteiger partial charge in [-0.1, -0.05) is 30.3 Å². The molecule has 1 saturated carbocycles. The van der Waals surface area contributed by atoms with Crippen LogP contribution in [0.4, 0.5) is 0 Å². The van der Waals surface area contributed by atoms with E-state index in [-0.39, 0.29) is 0 Å². The summed E-state index contributed by atoms with van der Waals surface area (Å²) >= 11 is 0. The van der Waals surface area contributed by atoms with Crippen molar-refractivity contribution in [3.63, 3.8) is 0 Å². The molecule has 1 heterocycles. The fourth-order valence-corrected chi connectivity index (χ4v) is 3.42. The molecular weight excluding hydrogens is 310 g/mol. The third-order valence-electron chi connectivity index (χ3n) is 5.01. The minimum atomic E-state index is 0.502. The molecule has 1 aliphatic heterocycles. The number of nitrogens with one attached hydrogen (secondary N) is 2. The van der Waals surface area contributed by atoms with Crippen molar-refractivity contribution in [2.45, 2.75) is 38.3 Å². The van der Waals surface area contributed by atoms with Crippen molar-refractivity contribution in [2.75, 3.05) is 46.3 Å². The van der Waals surface area contributed by atoms with Crippen LogP contribution in [0.25, 0.3) is 0 Å². The fourth-order valence-electron chi connectivity index (χ4n) is 3.42. The van der Waals surface area contributed by atoms with Crippen LogP contribution in [-0.4, -0.2) is 68.1 Å². The van der Waals surface area contributed by atoms with Gasteiger partial charge in [-0.2, -0.15) is 0 Å². The Hall–Kier alpha value is -1.59. The predicted molar refractivity (Wildman–Crippen MR) is 105 cm³/mol. The summed E-state index contributed by atoms with van der Waals surface area (Å²) in [5, 5.41) is 6.84. The summed E-state index contributed by atoms with van der Waals surface area (Å²) in [6, 6.07) is 12.1. The van der Waals surface area contributed by atoms with Gasteiger partial charge in [0.25, 0.3) is 0 Å². The third kappa shape index (κ3) is 5.72. The van der Waals surface area contributed by atoms with Gasteiger partial charge in [0, 0.05) is 51.4 Å². The summed E-state index contributed by atoms with van der Waals surface area (Å²) in [6.45, 7) is 8.44. The number of hydrogen-bond acceptors (Lipinski definition) is 3. The second-order valence-electron chi connectivity index (χ2n) is 7.26. The van der Waals surface area contributed by atoms with Crippen LogP contribution in [0.2, 0.25) is 0 Å². The lowest BCUT2D eigenvalue weighted by Gasteiger charge is -2.40. The van der Waals surface area contributed by atoms with E-state index in [0.717, 1.165) is 51.6 Å². The standard InChI is InChI=1S/C20H33N5/c1-3-21-20(23-18-10-11-18)22-12-7-13-25-15-14-24(2)16-19(25)17-8-5-4-6-9-17/h4-6,8-9,18-19H,3,7,10-16H2,1-2H3,(H2,21,22,23). The lowest BCUT2D eigenvalue weighted by Crippen LogP contribution is -2.47. The molecule has 1 atom stereocenters. The zero-order valence-corrected chi connectivity index (χ0v) is 15.7. The van der Waals surface area contributed by atoms with E-state index in [2.05, 4.69) is 64.7 Å². The first-order valence-electron chi connectivity index (χ1n) is 9.78. The number of benzene rings is 1. The highest BCUT2D eigenvalue weighted by molar-refractivity contribution is 5.80. The molecule has 1 unspecified atom stereocenters. The molecule has 2 fully saturated rings. The van der Waals surface area contributed by atoms with E-state index in [9.17, 15) is 0 Å². The maximum Gasteiger partial charge on any atom is 0.191 e. The van der Waals surface area contributed by atoms with Crippen LogP contribution in [0.5, 0.6) is 0 Å². The highest BCUT2D eigenvalue weighted by Crippen LogP contribution is 2.24. The van der Waals surface area contributed by atoms with Crippen LogP contribution >= 0.6 is 0 Å². The Kier molecular flexibility index (Phi) is 6.70. The number of aliphatic imine (C=N–C) groups is 1. The molecule has 0 bridgehead atoms. The van der Waals surface area contributed by atoms with E-state index in [4.69, 9.17) is 4.99 Å². The maximum absolute atomic E-state index is 4.75. The second-order valence-corrected chi connectivity index (χ2v) is 7.26. The molecule has 138 valence electrons. The molecule has 1 aliphatic carbocycles. The first-order valence-corrected chi connectivity index (χ1v) is 9.78. The van der Waals surface area contributed by atoms with Gasteiger partial charge >= 0.3 is 0 Å². The number of guanidine groups is 1. The van der Waals surface area contributed by atoms with Crippen LogP contribution in [-0.2, 0) is 0 Å². The molecule has 5 heteroatoms. The number of piperazine rings is 1. The number of hydrogen-bond donors (Lipinski definition) is 2. The zero-order chi connectivity index (χ0) is 17.5. The molecule has 1 aromatic rings. The Labute approximate surface area is 152 Å². The molecule has 25 heavy (non-hydrogen) atoms. The lowest BCUT2D eigenvalue weighted by atomic mass is 10.0. The number of likely N-dealkylation sites (N-methyl/N-ethyl adjacent to an activating group) is 1. The molecule has 0 spiro atoms. The molecule has 1 aromatic carbocycles. The molecule has 0 aromatic heterocycles. The first-order chi connectivity index (χ1) is 12.3. The van der Waals surface area contributed by atoms with Gasteiger partial charge in [-0.3, -0.25) is 9.89 Å². The highest BCUT2D eigenvalue weighted by Gasteiger charge is 2.26. The second kappa shape index (κ2) is 9.20. The summed E-state index contributed by atoms with van der Waals surface area (Å²) in [5.41, 5.74) is 1.43. The average molecular weight is 344 g/mol. The van der Waals surface area contributed by atoms with E-state index in [1.165, 1.54) is 18.4 Å². The normalized spacial score (nSPS) is 22.8. The minimum Gasteiger partial charge on any atom is -0.357 e. The van der Waals surface area contributed by atoms with E-state index >= 15 is 0 Å². The van der Waals surface area contributed by atoms with Crippen LogP contribution in [0.15, 0.2) is 35.3 Å². The Morgan fingerprint density at radius 1 is 1.20 bits per heavy atom. The SMILES string of the molecule is CCNC(=NCCCN1CCN(C)CC1c1ccccc1)NC1CC1. The van der Waals surface area contributed by atoms with Crippen molar-refractivity contribution in [1.82, 2.24) is 20.4 Å². The quantitative estimate of drug-likeness (QED) is 0.452. The van der Waals surface area contributed by atoms with Gasteiger partial charge < -0.3 is 15.5 Å². The number of nitrogens with zero attached hydrogens (tertiary/aromatic N) is 3. The summed E-state index contributed by atoms with van der Waals surface area (Å²) in [5.74, 6) is 0.989.